The van der Waals surface area contributed by atoms with E-state index in [2.05, 4.69) is 15.3 Å². The van der Waals surface area contributed by atoms with Gasteiger partial charge in [0.1, 0.15) is 5.82 Å². The smallest absolute Gasteiger partial charge is 0.322 e. The van der Waals surface area contributed by atoms with Crippen molar-refractivity contribution in [3.05, 3.63) is 52.6 Å². The highest BCUT2D eigenvalue weighted by Gasteiger charge is 2.33. The molecular weight excluding hydrogens is 331 g/mol. The summed E-state index contributed by atoms with van der Waals surface area (Å²) in [6, 6.07) is 3.18. The Morgan fingerprint density at radius 2 is 1.87 bits per heavy atom. The lowest BCUT2D eigenvalue weighted by Crippen LogP contribution is -2.14. The lowest BCUT2D eigenvalue weighted by atomic mass is 10.2. The Morgan fingerprint density at radius 3 is 2.43 bits per heavy atom. The summed E-state index contributed by atoms with van der Waals surface area (Å²) in [6.45, 7) is 0. The third kappa shape index (κ3) is 3.61. The molecule has 4 nitrogen and oxygen atoms in total. The molecule has 1 aromatic heterocycles. The molecule has 120 valence electrons. The Labute approximate surface area is 134 Å². The number of alkyl halides is 3. The van der Waals surface area contributed by atoms with Gasteiger partial charge in [0.25, 0.3) is 5.91 Å². The number of hydrogen-bond acceptors (Lipinski definition) is 3. The number of nitrogens with one attached hydrogen (secondary N) is 1. The fourth-order valence-electron chi connectivity index (χ4n) is 2.03. The maximum absolute atomic E-state index is 12.8. The summed E-state index contributed by atoms with van der Waals surface area (Å²) in [5.74, 6) is 0.466. The first kappa shape index (κ1) is 15.7. The van der Waals surface area contributed by atoms with E-state index in [1.807, 2.05) is 0 Å². The first-order valence-corrected chi connectivity index (χ1v) is 7.22. The Bertz CT molecular complexity index is 743. The minimum atomic E-state index is -4.59. The van der Waals surface area contributed by atoms with Gasteiger partial charge in [-0.1, -0.05) is 11.6 Å². The van der Waals surface area contributed by atoms with Crippen LogP contribution >= 0.6 is 11.6 Å². The molecule has 3 rings (SSSR count). The molecule has 2 aromatic rings. The molecule has 1 aromatic carbocycles. The third-order valence-electron chi connectivity index (χ3n) is 3.41. The minimum absolute atomic E-state index is 0.00186. The maximum Gasteiger partial charge on any atom is 0.417 e. The van der Waals surface area contributed by atoms with Crippen molar-refractivity contribution >= 4 is 23.2 Å². The van der Waals surface area contributed by atoms with Crippen LogP contribution in [0.4, 0.5) is 18.9 Å². The van der Waals surface area contributed by atoms with Crippen molar-refractivity contribution < 1.29 is 18.0 Å². The average Bonchev–Trinajstić information content (AvgIpc) is 3.33. The Kier molecular flexibility index (Phi) is 3.97. The van der Waals surface area contributed by atoms with Gasteiger partial charge >= 0.3 is 6.18 Å². The van der Waals surface area contributed by atoms with Crippen LogP contribution in [-0.2, 0) is 6.18 Å². The van der Waals surface area contributed by atoms with Crippen molar-refractivity contribution in [2.75, 3.05) is 5.32 Å². The monoisotopic (exact) mass is 341 g/mol. The van der Waals surface area contributed by atoms with Gasteiger partial charge in [0, 0.05) is 24.0 Å². The fraction of sp³-hybridized carbons (Fsp3) is 0.267. The normalized spacial score (nSPS) is 14.6. The van der Waals surface area contributed by atoms with E-state index in [-0.39, 0.29) is 11.3 Å². The van der Waals surface area contributed by atoms with Gasteiger partial charge in [-0.2, -0.15) is 13.2 Å². The van der Waals surface area contributed by atoms with E-state index < -0.39 is 22.7 Å². The highest BCUT2D eigenvalue weighted by atomic mass is 35.5. The number of rotatable bonds is 3. The number of carbonyl (C=O) groups excluding carboxylic acids is 1. The molecule has 1 N–H and O–H groups in total. The molecule has 1 aliphatic carbocycles. The summed E-state index contributed by atoms with van der Waals surface area (Å²) in [5, 5.41) is 1.96. The number of benzene rings is 1. The van der Waals surface area contributed by atoms with Gasteiger partial charge in [-0.05, 0) is 31.0 Å². The lowest BCUT2D eigenvalue weighted by molar-refractivity contribution is -0.137. The zero-order valence-electron chi connectivity index (χ0n) is 11.7. The van der Waals surface area contributed by atoms with Gasteiger partial charge in [0.15, 0.2) is 0 Å². The first-order valence-electron chi connectivity index (χ1n) is 6.84. The van der Waals surface area contributed by atoms with E-state index in [0.29, 0.717) is 11.7 Å². The number of anilines is 1. The number of aromatic nitrogens is 2. The molecule has 0 radical (unpaired) electrons. The van der Waals surface area contributed by atoms with Crippen LogP contribution < -0.4 is 5.32 Å². The largest absolute Gasteiger partial charge is 0.417 e. The zero-order chi connectivity index (χ0) is 16.6. The molecule has 0 bridgehead atoms. The van der Waals surface area contributed by atoms with Crippen LogP contribution in [0.3, 0.4) is 0 Å². The quantitative estimate of drug-likeness (QED) is 0.906. The zero-order valence-corrected chi connectivity index (χ0v) is 12.4. The van der Waals surface area contributed by atoms with Gasteiger partial charge in [-0.3, -0.25) is 4.79 Å². The number of nitrogens with zero attached hydrogens (tertiary/aromatic N) is 2. The maximum atomic E-state index is 12.8. The van der Waals surface area contributed by atoms with Crippen molar-refractivity contribution in [1.82, 2.24) is 9.97 Å². The van der Waals surface area contributed by atoms with Crippen LogP contribution in [-0.4, -0.2) is 15.9 Å². The van der Waals surface area contributed by atoms with E-state index >= 15 is 0 Å². The molecule has 0 spiro atoms. The topological polar surface area (TPSA) is 54.9 Å². The Morgan fingerprint density at radius 1 is 1.22 bits per heavy atom. The second kappa shape index (κ2) is 5.81. The Hall–Kier alpha value is -2.15. The van der Waals surface area contributed by atoms with Gasteiger partial charge in [0.2, 0.25) is 0 Å². The van der Waals surface area contributed by atoms with Crippen molar-refractivity contribution in [3.63, 3.8) is 0 Å². The van der Waals surface area contributed by atoms with Gasteiger partial charge < -0.3 is 5.32 Å². The summed E-state index contributed by atoms with van der Waals surface area (Å²) in [6.07, 6.45) is 0.229. The number of amides is 1. The number of hydrogen-bond donors (Lipinski definition) is 1. The SMILES string of the molecule is O=C(Nc1ccc(Cl)c(C(F)(F)F)c1)c1cnc(C2CC2)nc1. The molecule has 0 unspecified atom stereocenters. The highest BCUT2D eigenvalue weighted by molar-refractivity contribution is 6.31. The van der Waals surface area contributed by atoms with E-state index in [9.17, 15) is 18.0 Å². The van der Waals surface area contributed by atoms with E-state index in [4.69, 9.17) is 11.6 Å². The van der Waals surface area contributed by atoms with E-state index in [0.717, 1.165) is 25.0 Å². The van der Waals surface area contributed by atoms with Crippen LogP contribution in [0.2, 0.25) is 5.02 Å². The van der Waals surface area contributed by atoms with Gasteiger partial charge in [-0.25, -0.2) is 9.97 Å². The van der Waals surface area contributed by atoms with Crippen LogP contribution in [0.15, 0.2) is 30.6 Å². The molecule has 0 saturated heterocycles. The summed E-state index contributed by atoms with van der Waals surface area (Å²) in [7, 11) is 0. The standard InChI is InChI=1S/C15H11ClF3N3O/c16-12-4-3-10(5-11(12)15(17,18)19)22-14(23)9-6-20-13(21-7-9)8-1-2-8/h3-8H,1-2H2,(H,22,23). The van der Waals surface area contributed by atoms with Crippen LogP contribution in [0.1, 0.15) is 40.5 Å². The molecule has 0 atom stereocenters. The molecule has 1 heterocycles. The molecule has 1 fully saturated rings. The summed E-state index contributed by atoms with van der Waals surface area (Å²) >= 11 is 5.53. The molecule has 1 amide bonds. The summed E-state index contributed by atoms with van der Waals surface area (Å²) in [5.41, 5.74) is -0.826. The first-order chi connectivity index (χ1) is 10.8. The predicted octanol–water partition coefficient (Wildman–Crippen LogP) is 4.28. The third-order valence-corrected chi connectivity index (χ3v) is 3.74. The highest BCUT2D eigenvalue weighted by Crippen LogP contribution is 2.38. The molecule has 23 heavy (non-hydrogen) atoms. The summed E-state index contributed by atoms with van der Waals surface area (Å²) < 4.78 is 38.4. The van der Waals surface area contributed by atoms with Gasteiger partial charge in [-0.15, -0.1) is 0 Å². The predicted molar refractivity (Wildman–Crippen MR) is 78.4 cm³/mol. The fourth-order valence-corrected chi connectivity index (χ4v) is 2.26. The van der Waals surface area contributed by atoms with Crippen LogP contribution in [0, 0.1) is 0 Å². The van der Waals surface area contributed by atoms with Crippen molar-refractivity contribution in [2.45, 2.75) is 24.9 Å². The molecular formula is C15H11ClF3N3O. The van der Waals surface area contributed by atoms with E-state index in [1.54, 1.807) is 0 Å². The lowest BCUT2D eigenvalue weighted by Gasteiger charge is -2.11. The second-order valence-corrected chi connectivity index (χ2v) is 5.66. The summed E-state index contributed by atoms with van der Waals surface area (Å²) in [4.78, 5) is 20.3. The van der Waals surface area contributed by atoms with Crippen LogP contribution in [0.5, 0.6) is 0 Å². The minimum Gasteiger partial charge on any atom is -0.322 e. The molecule has 1 aliphatic rings. The molecule has 0 aliphatic heterocycles. The Balaban J connectivity index is 1.77. The molecule has 1 saturated carbocycles. The van der Waals surface area contributed by atoms with E-state index in [1.165, 1.54) is 18.5 Å². The number of halogens is 4. The second-order valence-electron chi connectivity index (χ2n) is 5.25. The van der Waals surface area contributed by atoms with Crippen molar-refractivity contribution in [2.24, 2.45) is 0 Å². The van der Waals surface area contributed by atoms with Crippen molar-refractivity contribution in [3.8, 4) is 0 Å². The number of carbonyl (C=O) groups is 1. The van der Waals surface area contributed by atoms with Crippen LogP contribution in [0.25, 0.3) is 0 Å². The average molecular weight is 342 g/mol. The van der Waals surface area contributed by atoms with Gasteiger partial charge in [0.05, 0.1) is 16.1 Å². The molecule has 8 heteroatoms. The van der Waals surface area contributed by atoms with Crippen molar-refractivity contribution in [1.29, 1.82) is 0 Å².